The molecule has 0 unspecified atom stereocenters. The van der Waals surface area contributed by atoms with Gasteiger partial charge >= 0.3 is 0 Å². The predicted octanol–water partition coefficient (Wildman–Crippen LogP) is 11.9. The third-order valence-electron chi connectivity index (χ3n) is 9.78. The summed E-state index contributed by atoms with van der Waals surface area (Å²) < 4.78 is 2.39. The normalized spacial score (nSPS) is 11.5. The van der Waals surface area contributed by atoms with Gasteiger partial charge in [0.15, 0.2) is 5.82 Å². The Morgan fingerprint density at radius 1 is 0.373 bits per heavy atom. The summed E-state index contributed by atoms with van der Waals surface area (Å²) in [6.07, 6.45) is 0. The second-order valence-corrected chi connectivity index (χ2v) is 12.8. The lowest BCUT2D eigenvalue weighted by Gasteiger charge is -2.12. The summed E-state index contributed by atoms with van der Waals surface area (Å²) in [6, 6.07) is 63.7. The quantitative estimate of drug-likeness (QED) is 0.174. The van der Waals surface area contributed by atoms with Crippen molar-refractivity contribution in [1.29, 1.82) is 0 Å². The summed E-state index contributed by atoms with van der Waals surface area (Å²) >= 11 is 0. The van der Waals surface area contributed by atoms with E-state index in [4.69, 9.17) is 15.0 Å². The Balaban J connectivity index is 1.35. The van der Waals surface area contributed by atoms with Crippen molar-refractivity contribution in [3.8, 4) is 50.8 Å². The Morgan fingerprint density at radius 2 is 1.00 bits per heavy atom. The van der Waals surface area contributed by atoms with Crippen LogP contribution in [-0.2, 0) is 0 Å². The zero-order valence-corrected chi connectivity index (χ0v) is 27.6. The van der Waals surface area contributed by atoms with Gasteiger partial charge in [-0.1, -0.05) is 140 Å². The van der Waals surface area contributed by atoms with E-state index in [1.165, 1.54) is 5.39 Å². The minimum atomic E-state index is 0.697. The van der Waals surface area contributed by atoms with Crippen LogP contribution in [-0.4, -0.2) is 19.5 Å². The van der Waals surface area contributed by atoms with Gasteiger partial charge in [0.25, 0.3) is 0 Å². The average Bonchev–Trinajstić information content (AvgIpc) is 3.54. The van der Waals surface area contributed by atoms with Crippen molar-refractivity contribution in [2.24, 2.45) is 0 Å². The summed E-state index contributed by atoms with van der Waals surface area (Å²) in [7, 11) is 0. The average molecular weight is 651 g/mol. The number of aromatic nitrogens is 4. The monoisotopic (exact) mass is 650 g/mol. The van der Waals surface area contributed by atoms with Crippen molar-refractivity contribution in [3.63, 3.8) is 0 Å². The molecule has 0 atom stereocenters. The molecular formula is C47H30N4. The molecule has 0 aliphatic rings. The van der Waals surface area contributed by atoms with Crippen molar-refractivity contribution in [3.05, 3.63) is 182 Å². The molecular weight excluding hydrogens is 621 g/mol. The molecule has 0 radical (unpaired) electrons. The molecule has 0 bridgehead atoms. The van der Waals surface area contributed by atoms with E-state index in [0.717, 1.165) is 83.1 Å². The summed E-state index contributed by atoms with van der Waals surface area (Å²) in [5, 5.41) is 5.71. The molecule has 10 aromatic rings. The fourth-order valence-electron chi connectivity index (χ4n) is 7.45. The maximum absolute atomic E-state index is 5.27. The number of benzene rings is 7. The Hall–Kier alpha value is -6.91. The van der Waals surface area contributed by atoms with Crippen LogP contribution in [0.3, 0.4) is 0 Å². The highest BCUT2D eigenvalue weighted by Crippen LogP contribution is 2.43. The van der Waals surface area contributed by atoms with E-state index in [0.29, 0.717) is 5.82 Å². The van der Waals surface area contributed by atoms with Crippen molar-refractivity contribution in [2.75, 3.05) is 0 Å². The first kappa shape index (κ1) is 29.0. The Morgan fingerprint density at radius 3 is 1.75 bits per heavy atom. The van der Waals surface area contributed by atoms with Gasteiger partial charge in [-0.2, -0.15) is 0 Å². The molecule has 3 heterocycles. The molecule has 51 heavy (non-hydrogen) atoms. The topological polar surface area (TPSA) is 43.6 Å². The van der Waals surface area contributed by atoms with Crippen molar-refractivity contribution in [2.45, 2.75) is 0 Å². The molecule has 10 rings (SSSR count). The molecule has 238 valence electrons. The molecule has 0 aliphatic heterocycles. The van der Waals surface area contributed by atoms with Gasteiger partial charge in [0.05, 0.1) is 33.6 Å². The highest BCUT2D eigenvalue weighted by Gasteiger charge is 2.21. The fourth-order valence-corrected chi connectivity index (χ4v) is 7.45. The Kier molecular flexibility index (Phi) is 6.78. The smallest absolute Gasteiger partial charge is 0.160 e. The second kappa shape index (κ2) is 11.9. The van der Waals surface area contributed by atoms with E-state index in [1.54, 1.807) is 0 Å². The van der Waals surface area contributed by atoms with Crippen LogP contribution < -0.4 is 0 Å². The van der Waals surface area contributed by atoms with E-state index >= 15 is 0 Å². The summed E-state index contributed by atoms with van der Waals surface area (Å²) in [6.45, 7) is 0. The molecule has 0 saturated carbocycles. The number of fused-ring (bicyclic) bond motifs is 6. The summed E-state index contributed by atoms with van der Waals surface area (Å²) in [5.41, 5.74) is 11.2. The zero-order valence-electron chi connectivity index (χ0n) is 27.6. The van der Waals surface area contributed by atoms with Crippen LogP contribution >= 0.6 is 0 Å². The molecule has 0 N–H and O–H groups in total. The number of nitrogens with zero attached hydrogens (tertiary/aromatic N) is 4. The van der Waals surface area contributed by atoms with Crippen molar-refractivity contribution in [1.82, 2.24) is 19.5 Å². The fraction of sp³-hybridized carbons (Fsp3) is 0. The largest absolute Gasteiger partial charge is 0.309 e. The molecule has 0 spiro atoms. The zero-order chi connectivity index (χ0) is 33.7. The molecule has 3 aromatic heterocycles. The first-order valence-electron chi connectivity index (χ1n) is 17.2. The van der Waals surface area contributed by atoms with Crippen LogP contribution in [0.1, 0.15) is 0 Å². The maximum Gasteiger partial charge on any atom is 0.160 e. The second-order valence-electron chi connectivity index (χ2n) is 12.8. The minimum Gasteiger partial charge on any atom is -0.309 e. The van der Waals surface area contributed by atoms with E-state index in [9.17, 15) is 0 Å². The molecule has 0 fully saturated rings. The number of hydrogen-bond donors (Lipinski definition) is 0. The van der Waals surface area contributed by atoms with E-state index < -0.39 is 0 Å². The molecule has 7 aromatic carbocycles. The van der Waals surface area contributed by atoms with Gasteiger partial charge < -0.3 is 4.57 Å². The lowest BCUT2D eigenvalue weighted by molar-refractivity contribution is 1.18. The predicted molar refractivity (Wildman–Crippen MR) is 211 cm³/mol. The molecule has 0 amide bonds. The van der Waals surface area contributed by atoms with Gasteiger partial charge in [-0.25, -0.2) is 15.0 Å². The lowest BCUT2D eigenvalue weighted by Crippen LogP contribution is -1.96. The molecule has 4 heteroatoms. The Bertz CT molecular complexity index is 2820. The van der Waals surface area contributed by atoms with Crippen LogP contribution in [0, 0.1) is 0 Å². The van der Waals surface area contributed by atoms with E-state index in [-0.39, 0.29) is 0 Å². The summed E-state index contributed by atoms with van der Waals surface area (Å²) in [4.78, 5) is 15.6. The van der Waals surface area contributed by atoms with E-state index in [2.05, 4.69) is 162 Å². The number of rotatable bonds is 5. The van der Waals surface area contributed by atoms with Gasteiger partial charge in [0, 0.05) is 49.5 Å². The van der Waals surface area contributed by atoms with Crippen LogP contribution in [0.15, 0.2) is 182 Å². The summed E-state index contributed by atoms with van der Waals surface area (Å²) in [5.74, 6) is 0.697. The van der Waals surface area contributed by atoms with Crippen LogP contribution in [0.5, 0.6) is 0 Å². The first-order valence-corrected chi connectivity index (χ1v) is 17.2. The number of pyridine rings is 1. The van der Waals surface area contributed by atoms with Crippen LogP contribution in [0.2, 0.25) is 0 Å². The highest BCUT2D eigenvalue weighted by atomic mass is 15.0. The minimum absolute atomic E-state index is 0.697. The first-order chi connectivity index (χ1) is 25.3. The highest BCUT2D eigenvalue weighted by molar-refractivity contribution is 6.22. The van der Waals surface area contributed by atoms with Crippen LogP contribution in [0.4, 0.5) is 0 Å². The van der Waals surface area contributed by atoms with Crippen molar-refractivity contribution < 1.29 is 0 Å². The SMILES string of the molecule is c1ccc(-c2cc(-c3cccc4c3c3cc5c(-c6ccccc6)nc6ccccc6c5cc3n4-c3ccccc3)nc(-c3ccccc3)n2)cc1. The van der Waals surface area contributed by atoms with Gasteiger partial charge in [-0.3, -0.25) is 0 Å². The van der Waals surface area contributed by atoms with Gasteiger partial charge in [0.1, 0.15) is 0 Å². The van der Waals surface area contributed by atoms with Crippen LogP contribution in [0.25, 0.3) is 94.3 Å². The molecule has 0 saturated heterocycles. The Labute approximate surface area is 295 Å². The van der Waals surface area contributed by atoms with E-state index in [1.807, 2.05) is 24.3 Å². The molecule has 0 aliphatic carbocycles. The third-order valence-corrected chi connectivity index (χ3v) is 9.78. The van der Waals surface area contributed by atoms with Gasteiger partial charge in [-0.15, -0.1) is 0 Å². The van der Waals surface area contributed by atoms with Crippen molar-refractivity contribution >= 4 is 43.5 Å². The third kappa shape index (κ3) is 4.88. The standard InChI is InChI=1S/C47H30N4/c1-5-16-31(17-6-1)41-30-42(50-47(49-41)33-20-9-3-10-21-33)36-25-15-27-43-45(36)39-28-38-37(29-44(39)51(43)34-22-11-4-12-23-34)35-24-13-14-26-40(35)48-46(38)32-18-7-2-8-19-32/h1-30H. The number of para-hydroxylation sites is 2. The molecule has 4 nitrogen and oxygen atoms in total. The lowest BCUT2D eigenvalue weighted by atomic mass is 9.96. The van der Waals surface area contributed by atoms with Gasteiger partial charge in [0.2, 0.25) is 0 Å². The maximum atomic E-state index is 5.27. The number of hydrogen-bond acceptors (Lipinski definition) is 3. The van der Waals surface area contributed by atoms with Gasteiger partial charge in [-0.05, 0) is 47.9 Å².